The highest BCUT2D eigenvalue weighted by atomic mass is 79.9. The van der Waals surface area contributed by atoms with Crippen molar-refractivity contribution in [1.82, 2.24) is 10.2 Å². The van der Waals surface area contributed by atoms with Crippen LogP contribution in [-0.2, 0) is 11.3 Å². The molecular weight excluding hydrogens is 420 g/mol. The molecule has 1 amide bonds. The van der Waals surface area contributed by atoms with E-state index >= 15 is 0 Å². The number of hydrogen-bond acceptors (Lipinski definition) is 4. The lowest BCUT2D eigenvalue weighted by Gasteiger charge is -2.35. The molecule has 1 aromatic carbocycles. The second kappa shape index (κ2) is 10.5. The van der Waals surface area contributed by atoms with Crippen LogP contribution in [0.4, 0.5) is 0 Å². The molecule has 2 aliphatic rings. The second-order valence-electron chi connectivity index (χ2n) is 7.86. The molecule has 28 heavy (non-hydrogen) atoms. The summed E-state index contributed by atoms with van der Waals surface area (Å²) in [6.45, 7) is 5.12. The van der Waals surface area contributed by atoms with E-state index in [1.54, 1.807) is 7.11 Å². The summed E-state index contributed by atoms with van der Waals surface area (Å²) in [5.74, 6) is 2.19. The Morgan fingerprint density at radius 1 is 1.18 bits per heavy atom. The lowest BCUT2D eigenvalue weighted by molar-refractivity contribution is -0.137. The monoisotopic (exact) mass is 452 g/mol. The van der Waals surface area contributed by atoms with E-state index in [0.717, 1.165) is 66.9 Å². The highest BCUT2D eigenvalue weighted by molar-refractivity contribution is 9.10. The van der Waals surface area contributed by atoms with Crippen molar-refractivity contribution >= 4 is 21.8 Å². The molecule has 1 aliphatic carbocycles. The third-order valence-electron chi connectivity index (χ3n) is 5.93. The van der Waals surface area contributed by atoms with Crippen molar-refractivity contribution in [2.45, 2.75) is 64.5 Å². The summed E-state index contributed by atoms with van der Waals surface area (Å²) in [7, 11) is 1.66. The number of hydrogen-bond donors (Lipinski definition) is 1. The van der Waals surface area contributed by atoms with Gasteiger partial charge in [-0.1, -0.05) is 19.3 Å². The van der Waals surface area contributed by atoms with Gasteiger partial charge in [0, 0.05) is 31.6 Å². The number of carbonyl (C=O) groups is 1. The number of likely N-dealkylation sites (tertiary alicyclic amines) is 1. The van der Waals surface area contributed by atoms with E-state index in [0.29, 0.717) is 18.6 Å². The van der Waals surface area contributed by atoms with Crippen molar-refractivity contribution in [1.29, 1.82) is 0 Å². The Hall–Kier alpha value is -1.27. The predicted molar refractivity (Wildman–Crippen MR) is 115 cm³/mol. The Labute approximate surface area is 177 Å². The van der Waals surface area contributed by atoms with Gasteiger partial charge in [0.1, 0.15) is 0 Å². The van der Waals surface area contributed by atoms with Crippen molar-refractivity contribution in [2.75, 3.05) is 26.8 Å². The average molecular weight is 453 g/mol. The first-order valence-electron chi connectivity index (χ1n) is 10.6. The maximum Gasteiger partial charge on any atom is 0.225 e. The van der Waals surface area contributed by atoms with Gasteiger partial charge in [-0.25, -0.2) is 0 Å². The van der Waals surface area contributed by atoms with Gasteiger partial charge in [-0.15, -0.1) is 0 Å². The zero-order chi connectivity index (χ0) is 19.9. The van der Waals surface area contributed by atoms with Crippen molar-refractivity contribution in [2.24, 2.45) is 5.92 Å². The fourth-order valence-corrected chi connectivity index (χ4v) is 5.01. The Morgan fingerprint density at radius 2 is 1.89 bits per heavy atom. The normalized spacial score (nSPS) is 18.9. The van der Waals surface area contributed by atoms with E-state index in [-0.39, 0.29) is 5.92 Å². The molecule has 1 aliphatic heterocycles. The molecule has 0 unspecified atom stereocenters. The molecule has 1 saturated heterocycles. The molecule has 0 atom stereocenters. The Balaban J connectivity index is 1.49. The van der Waals surface area contributed by atoms with Crippen LogP contribution in [-0.4, -0.2) is 43.7 Å². The quantitative estimate of drug-likeness (QED) is 0.660. The van der Waals surface area contributed by atoms with Gasteiger partial charge in [0.25, 0.3) is 0 Å². The summed E-state index contributed by atoms with van der Waals surface area (Å²) in [5, 5.41) is 3.66. The molecule has 0 radical (unpaired) electrons. The van der Waals surface area contributed by atoms with E-state index in [4.69, 9.17) is 9.47 Å². The van der Waals surface area contributed by atoms with Crippen LogP contribution in [0.3, 0.4) is 0 Å². The van der Waals surface area contributed by atoms with Gasteiger partial charge in [-0.05, 0) is 66.2 Å². The first-order valence-corrected chi connectivity index (χ1v) is 11.4. The fraction of sp³-hybridized carbons (Fsp3) is 0.682. The molecule has 0 spiro atoms. The minimum atomic E-state index is 0.284. The average Bonchev–Trinajstić information content (AvgIpc) is 2.73. The van der Waals surface area contributed by atoms with Crippen molar-refractivity contribution < 1.29 is 14.3 Å². The molecular formula is C22H33BrN2O3. The maximum atomic E-state index is 12.7. The zero-order valence-corrected chi connectivity index (χ0v) is 18.7. The van der Waals surface area contributed by atoms with Gasteiger partial charge < -0.3 is 19.7 Å². The molecule has 1 aromatic rings. The minimum Gasteiger partial charge on any atom is -0.492 e. The van der Waals surface area contributed by atoms with Crippen molar-refractivity contribution in [3.63, 3.8) is 0 Å². The molecule has 1 saturated carbocycles. The summed E-state index contributed by atoms with van der Waals surface area (Å²) >= 11 is 3.58. The van der Waals surface area contributed by atoms with Crippen molar-refractivity contribution in [3.05, 3.63) is 22.2 Å². The van der Waals surface area contributed by atoms with Crippen LogP contribution >= 0.6 is 15.9 Å². The lowest BCUT2D eigenvalue weighted by atomic mass is 9.87. The number of methoxy groups -OCH3 is 1. The van der Waals surface area contributed by atoms with Gasteiger partial charge in [0.2, 0.25) is 5.91 Å². The van der Waals surface area contributed by atoms with Gasteiger partial charge in [-0.3, -0.25) is 4.79 Å². The third-order valence-corrected chi connectivity index (χ3v) is 6.52. The van der Waals surface area contributed by atoms with Crippen LogP contribution in [0.5, 0.6) is 11.5 Å². The number of carbonyl (C=O) groups excluding carboxylic acids is 1. The Bertz CT molecular complexity index is 653. The number of ether oxygens (including phenoxy) is 2. The number of rotatable bonds is 7. The summed E-state index contributed by atoms with van der Waals surface area (Å²) in [5.41, 5.74) is 1.16. The van der Waals surface area contributed by atoms with Gasteiger partial charge in [0.15, 0.2) is 11.5 Å². The predicted octanol–water partition coefficient (Wildman–Crippen LogP) is 4.52. The van der Waals surface area contributed by atoms with E-state index in [9.17, 15) is 4.79 Å². The topological polar surface area (TPSA) is 50.8 Å². The number of nitrogens with one attached hydrogen (secondary N) is 1. The van der Waals surface area contributed by atoms with Crippen LogP contribution in [0.2, 0.25) is 0 Å². The molecule has 6 heteroatoms. The number of benzene rings is 1. The number of piperidine rings is 1. The molecule has 1 heterocycles. The lowest BCUT2D eigenvalue weighted by Crippen LogP contribution is -2.46. The van der Waals surface area contributed by atoms with Gasteiger partial charge in [0.05, 0.1) is 18.2 Å². The number of nitrogens with zero attached hydrogens (tertiary/aromatic N) is 1. The summed E-state index contributed by atoms with van der Waals surface area (Å²) in [6, 6.07) is 4.57. The van der Waals surface area contributed by atoms with Gasteiger partial charge in [-0.2, -0.15) is 0 Å². The van der Waals surface area contributed by atoms with Crippen LogP contribution in [0, 0.1) is 5.92 Å². The first-order chi connectivity index (χ1) is 13.6. The molecule has 3 rings (SSSR count). The second-order valence-corrected chi connectivity index (χ2v) is 8.71. The number of amides is 1. The fourth-order valence-electron chi connectivity index (χ4n) is 4.36. The largest absolute Gasteiger partial charge is 0.492 e. The molecule has 0 bridgehead atoms. The molecule has 0 aromatic heterocycles. The highest BCUT2D eigenvalue weighted by Crippen LogP contribution is 2.36. The minimum absolute atomic E-state index is 0.284. The van der Waals surface area contributed by atoms with E-state index in [2.05, 4.69) is 32.2 Å². The maximum absolute atomic E-state index is 12.7. The first kappa shape index (κ1) is 21.4. The van der Waals surface area contributed by atoms with Crippen LogP contribution in [0.25, 0.3) is 0 Å². The van der Waals surface area contributed by atoms with Crippen molar-refractivity contribution in [3.8, 4) is 11.5 Å². The van der Waals surface area contributed by atoms with Crippen LogP contribution in [0.1, 0.15) is 57.4 Å². The highest BCUT2D eigenvalue weighted by Gasteiger charge is 2.29. The van der Waals surface area contributed by atoms with E-state index in [1.807, 2.05) is 13.0 Å². The van der Waals surface area contributed by atoms with E-state index < -0.39 is 0 Å². The summed E-state index contributed by atoms with van der Waals surface area (Å²) in [4.78, 5) is 14.8. The Kier molecular flexibility index (Phi) is 8.03. The number of halogens is 1. The molecule has 2 fully saturated rings. The molecule has 5 nitrogen and oxygen atoms in total. The zero-order valence-electron chi connectivity index (χ0n) is 17.1. The third kappa shape index (κ3) is 5.41. The Morgan fingerprint density at radius 3 is 2.54 bits per heavy atom. The molecule has 1 N–H and O–H groups in total. The SMILES string of the molecule is CCOc1cc(CNC2CCN(C(=O)C3CCCCC3)CC2)cc(Br)c1OC. The molecule has 156 valence electrons. The van der Waals surface area contributed by atoms with Crippen LogP contribution in [0.15, 0.2) is 16.6 Å². The summed E-state index contributed by atoms with van der Waals surface area (Å²) in [6.07, 6.45) is 7.95. The summed E-state index contributed by atoms with van der Waals surface area (Å²) < 4.78 is 12.1. The van der Waals surface area contributed by atoms with Crippen LogP contribution < -0.4 is 14.8 Å². The van der Waals surface area contributed by atoms with Gasteiger partial charge >= 0.3 is 0 Å². The smallest absolute Gasteiger partial charge is 0.225 e. The standard InChI is InChI=1S/C22H33BrN2O3/c1-3-28-20-14-16(13-19(23)21(20)27-2)15-24-18-9-11-25(12-10-18)22(26)17-7-5-4-6-8-17/h13-14,17-18,24H,3-12,15H2,1-2H3. The van der Waals surface area contributed by atoms with E-state index in [1.165, 1.54) is 19.3 Å².